The molecular formula is C24H26F3N3O5S2. The number of sulfone groups is 2. The first kappa shape index (κ1) is 28.6. The van der Waals surface area contributed by atoms with Crippen molar-refractivity contribution in [3.8, 4) is 6.07 Å². The largest absolute Gasteiger partial charge is 0.407 e. The minimum absolute atomic E-state index is 0.230. The minimum Gasteiger partial charge on any atom is -0.336 e. The fourth-order valence-corrected chi connectivity index (χ4v) is 7.14. The van der Waals surface area contributed by atoms with Crippen LogP contribution < -0.4 is 10.6 Å². The highest BCUT2D eigenvalue weighted by molar-refractivity contribution is 7.91. The van der Waals surface area contributed by atoms with Gasteiger partial charge in [-0.2, -0.15) is 18.4 Å². The van der Waals surface area contributed by atoms with Gasteiger partial charge in [-0.05, 0) is 24.0 Å². The smallest absolute Gasteiger partial charge is 0.336 e. The monoisotopic (exact) mass is 557 g/mol. The van der Waals surface area contributed by atoms with E-state index in [1.165, 1.54) is 42.5 Å². The van der Waals surface area contributed by atoms with Gasteiger partial charge in [0.15, 0.2) is 19.7 Å². The number of halogens is 3. The first-order valence-electron chi connectivity index (χ1n) is 11.3. The predicted octanol–water partition coefficient (Wildman–Crippen LogP) is 2.45. The lowest BCUT2D eigenvalue weighted by Crippen LogP contribution is -2.59. The second-order valence-corrected chi connectivity index (χ2v) is 13.4. The van der Waals surface area contributed by atoms with Gasteiger partial charge >= 0.3 is 6.18 Å². The number of rotatable bonds is 9. The number of nitrogens with zero attached hydrogens (tertiary/aromatic N) is 1. The third kappa shape index (κ3) is 8.02. The van der Waals surface area contributed by atoms with Crippen LogP contribution >= 0.6 is 0 Å². The molecule has 1 fully saturated rings. The van der Waals surface area contributed by atoms with Gasteiger partial charge in [-0.3, -0.25) is 10.1 Å². The number of hydrogen-bond acceptors (Lipinski definition) is 7. The molecule has 2 aromatic carbocycles. The van der Waals surface area contributed by atoms with E-state index in [4.69, 9.17) is 0 Å². The Balaban J connectivity index is 1.92. The Bertz CT molecular complexity index is 1330. The Hall–Kier alpha value is -2.95. The highest BCUT2D eigenvalue weighted by Crippen LogP contribution is 2.33. The second kappa shape index (κ2) is 11.2. The quantitative estimate of drug-likeness (QED) is 0.484. The predicted molar refractivity (Wildman–Crippen MR) is 130 cm³/mol. The molecule has 0 aromatic heterocycles. The van der Waals surface area contributed by atoms with Gasteiger partial charge in [0.05, 0.1) is 29.1 Å². The average Bonchev–Trinajstić information content (AvgIpc) is 2.83. The summed E-state index contributed by atoms with van der Waals surface area (Å²) in [5.74, 6) is -3.40. The van der Waals surface area contributed by atoms with Crippen molar-refractivity contribution >= 4 is 25.6 Å². The van der Waals surface area contributed by atoms with Crippen molar-refractivity contribution < 1.29 is 34.8 Å². The Morgan fingerprint density at radius 3 is 2.08 bits per heavy atom. The van der Waals surface area contributed by atoms with Gasteiger partial charge in [0.2, 0.25) is 5.91 Å². The van der Waals surface area contributed by atoms with Crippen LogP contribution in [0.4, 0.5) is 13.2 Å². The van der Waals surface area contributed by atoms with Crippen LogP contribution in [0, 0.1) is 11.3 Å². The van der Waals surface area contributed by atoms with E-state index in [1.54, 1.807) is 18.2 Å². The lowest BCUT2D eigenvalue weighted by molar-refractivity contribution is -0.160. The summed E-state index contributed by atoms with van der Waals surface area (Å²) in [6.45, 7) is 0. The van der Waals surface area contributed by atoms with Crippen molar-refractivity contribution in [1.82, 2.24) is 10.6 Å². The molecular weight excluding hydrogens is 531 g/mol. The lowest BCUT2D eigenvalue weighted by atomic mass is 9.93. The van der Waals surface area contributed by atoms with Crippen LogP contribution in [0.25, 0.3) is 0 Å². The van der Waals surface area contributed by atoms with Gasteiger partial charge in [0, 0.05) is 0 Å². The van der Waals surface area contributed by atoms with Crippen LogP contribution in [0.15, 0.2) is 60.7 Å². The van der Waals surface area contributed by atoms with Gasteiger partial charge in [0.25, 0.3) is 0 Å². The van der Waals surface area contributed by atoms with E-state index in [9.17, 15) is 40.1 Å². The summed E-state index contributed by atoms with van der Waals surface area (Å²) in [5.41, 5.74) is -1.48. The maximum atomic E-state index is 14.0. The SMILES string of the molecule is N#CC1(NC(=O)C(CS(=O)(=O)Cc2ccccc2)N[C@H](c2ccccc2)C(F)(F)F)CCS(=O)(=O)CC1. The zero-order valence-corrected chi connectivity index (χ0v) is 21.2. The Kier molecular flexibility index (Phi) is 8.66. The molecule has 0 radical (unpaired) electrons. The summed E-state index contributed by atoms with van der Waals surface area (Å²) < 4.78 is 91.6. The third-order valence-corrected chi connectivity index (χ3v) is 9.32. The van der Waals surface area contributed by atoms with Crippen molar-refractivity contribution in [2.24, 2.45) is 0 Å². The van der Waals surface area contributed by atoms with Gasteiger partial charge in [-0.15, -0.1) is 0 Å². The van der Waals surface area contributed by atoms with E-state index >= 15 is 0 Å². The fraction of sp³-hybridized carbons (Fsp3) is 0.417. The number of hydrogen-bond donors (Lipinski definition) is 2. The average molecular weight is 558 g/mol. The number of benzene rings is 2. The highest BCUT2D eigenvalue weighted by atomic mass is 32.2. The number of carbonyl (C=O) groups is 1. The first-order chi connectivity index (χ1) is 17.2. The molecule has 2 aromatic rings. The molecule has 200 valence electrons. The Morgan fingerprint density at radius 1 is 1.03 bits per heavy atom. The maximum absolute atomic E-state index is 14.0. The van der Waals surface area contributed by atoms with Gasteiger partial charge in [0.1, 0.15) is 17.6 Å². The number of nitrogens with one attached hydrogen (secondary N) is 2. The van der Waals surface area contributed by atoms with Crippen molar-refractivity contribution in [1.29, 1.82) is 5.26 Å². The Labute approximate surface area is 213 Å². The summed E-state index contributed by atoms with van der Waals surface area (Å²) in [4.78, 5) is 13.3. The van der Waals surface area contributed by atoms with E-state index in [1.807, 2.05) is 6.07 Å². The molecule has 37 heavy (non-hydrogen) atoms. The van der Waals surface area contributed by atoms with Crippen LogP contribution in [-0.2, 0) is 30.2 Å². The minimum atomic E-state index is -4.88. The molecule has 1 aliphatic rings. The molecule has 1 aliphatic heterocycles. The number of amides is 1. The molecule has 1 unspecified atom stereocenters. The third-order valence-electron chi connectivity index (χ3n) is 6.05. The van der Waals surface area contributed by atoms with E-state index in [-0.39, 0.29) is 29.9 Å². The van der Waals surface area contributed by atoms with Crippen LogP contribution in [0.1, 0.15) is 30.0 Å². The van der Waals surface area contributed by atoms with E-state index < -0.39 is 60.9 Å². The molecule has 1 heterocycles. The molecule has 0 saturated carbocycles. The molecule has 0 spiro atoms. The number of carbonyl (C=O) groups excluding carboxylic acids is 1. The Morgan fingerprint density at radius 2 is 1.57 bits per heavy atom. The molecule has 0 bridgehead atoms. The molecule has 1 amide bonds. The highest BCUT2D eigenvalue weighted by Gasteiger charge is 2.45. The molecule has 8 nitrogen and oxygen atoms in total. The van der Waals surface area contributed by atoms with E-state index in [0.29, 0.717) is 5.56 Å². The second-order valence-electron chi connectivity index (χ2n) is 8.98. The summed E-state index contributed by atoms with van der Waals surface area (Å²) in [7, 11) is -7.53. The molecule has 13 heteroatoms. The lowest BCUT2D eigenvalue weighted by Gasteiger charge is -2.34. The van der Waals surface area contributed by atoms with Gasteiger partial charge in [-0.25, -0.2) is 16.8 Å². The van der Waals surface area contributed by atoms with Crippen molar-refractivity contribution in [3.05, 3.63) is 71.8 Å². The zero-order valence-electron chi connectivity index (χ0n) is 19.6. The molecule has 2 N–H and O–H groups in total. The fourth-order valence-electron chi connectivity index (χ4n) is 4.04. The van der Waals surface area contributed by atoms with Crippen LogP contribution in [-0.4, -0.2) is 57.8 Å². The standard InChI is InChI=1S/C24H26F3N3O5S2/c25-24(26,27)21(19-9-5-2-6-10-19)29-20(16-37(34,35)15-18-7-3-1-4-8-18)22(31)30-23(17-28)11-13-36(32,33)14-12-23/h1-10,20-21,29H,11-16H2,(H,30,31)/t20?,21-/m1/s1. The summed E-state index contributed by atoms with van der Waals surface area (Å²) >= 11 is 0. The zero-order chi connectivity index (χ0) is 27.3. The van der Waals surface area contributed by atoms with Crippen LogP contribution in [0.3, 0.4) is 0 Å². The first-order valence-corrected chi connectivity index (χ1v) is 14.9. The van der Waals surface area contributed by atoms with Crippen molar-refractivity contribution in [3.63, 3.8) is 0 Å². The molecule has 1 saturated heterocycles. The summed E-state index contributed by atoms with van der Waals surface area (Å²) in [5, 5.41) is 14.2. The number of nitriles is 1. The number of alkyl halides is 3. The van der Waals surface area contributed by atoms with E-state index in [2.05, 4.69) is 10.6 Å². The molecule has 2 atom stereocenters. The van der Waals surface area contributed by atoms with Crippen LogP contribution in [0.5, 0.6) is 0 Å². The normalized spacial score (nSPS) is 18.8. The van der Waals surface area contributed by atoms with Crippen molar-refractivity contribution in [2.75, 3.05) is 17.3 Å². The van der Waals surface area contributed by atoms with Crippen molar-refractivity contribution in [2.45, 2.75) is 42.4 Å². The van der Waals surface area contributed by atoms with Crippen LogP contribution in [0.2, 0.25) is 0 Å². The van der Waals surface area contributed by atoms with Gasteiger partial charge < -0.3 is 5.32 Å². The molecule has 0 aliphatic carbocycles. The van der Waals surface area contributed by atoms with Gasteiger partial charge in [-0.1, -0.05) is 60.7 Å². The van der Waals surface area contributed by atoms with E-state index in [0.717, 1.165) is 0 Å². The molecule has 3 rings (SSSR count). The summed E-state index contributed by atoms with van der Waals surface area (Å²) in [6.07, 6.45) is -5.40. The topological polar surface area (TPSA) is 133 Å². The maximum Gasteiger partial charge on any atom is 0.407 e. The summed E-state index contributed by atoms with van der Waals surface area (Å²) in [6, 6.07) is 12.2.